The second-order valence-corrected chi connectivity index (χ2v) is 6.34. The van der Waals surface area contributed by atoms with Gasteiger partial charge in [0.05, 0.1) is 18.7 Å². The van der Waals surface area contributed by atoms with Crippen LogP contribution in [0.25, 0.3) is 0 Å². The number of primary amides is 1. The standard InChI is InChI=1S/C17H21N3O3S/c1-11(16(22)19-17-13(15(18)21)8-9-24-17)20(2)10-12-6-4-5-7-14(12)23-3/h4-9,11H,10H2,1-3H3,(H2,18,21)(H,19,22). The van der Waals surface area contributed by atoms with E-state index in [1.165, 1.54) is 11.3 Å². The highest BCUT2D eigenvalue weighted by atomic mass is 32.1. The first-order valence-corrected chi connectivity index (χ1v) is 8.32. The number of nitrogens with zero attached hydrogens (tertiary/aromatic N) is 1. The van der Waals surface area contributed by atoms with Crippen LogP contribution >= 0.6 is 11.3 Å². The summed E-state index contributed by atoms with van der Waals surface area (Å²) in [5.41, 5.74) is 6.62. The van der Waals surface area contributed by atoms with Crippen LogP contribution < -0.4 is 15.8 Å². The molecule has 1 atom stereocenters. The molecule has 0 fully saturated rings. The summed E-state index contributed by atoms with van der Waals surface area (Å²) in [6, 6.07) is 8.90. The summed E-state index contributed by atoms with van der Waals surface area (Å²) in [4.78, 5) is 25.7. The number of ether oxygens (including phenoxy) is 1. The number of likely N-dealkylation sites (N-methyl/N-ethyl adjacent to an activating group) is 1. The van der Waals surface area contributed by atoms with Gasteiger partial charge in [-0.1, -0.05) is 18.2 Å². The van der Waals surface area contributed by atoms with E-state index in [0.29, 0.717) is 17.1 Å². The van der Waals surface area contributed by atoms with Crippen molar-refractivity contribution in [3.63, 3.8) is 0 Å². The molecular weight excluding hydrogens is 326 g/mol. The number of benzene rings is 1. The summed E-state index contributed by atoms with van der Waals surface area (Å²) in [5.74, 6) is 0.0326. The minimum Gasteiger partial charge on any atom is -0.496 e. The number of nitrogens with two attached hydrogens (primary N) is 1. The molecule has 0 saturated carbocycles. The molecule has 0 aliphatic heterocycles. The maximum Gasteiger partial charge on any atom is 0.251 e. The van der Waals surface area contributed by atoms with Crippen LogP contribution in [0.4, 0.5) is 5.00 Å². The average Bonchev–Trinajstić information content (AvgIpc) is 3.02. The van der Waals surface area contributed by atoms with Gasteiger partial charge in [-0.2, -0.15) is 0 Å². The monoisotopic (exact) mass is 347 g/mol. The molecule has 0 aliphatic carbocycles. The van der Waals surface area contributed by atoms with Crippen molar-refractivity contribution >= 4 is 28.2 Å². The van der Waals surface area contributed by atoms with Crippen LogP contribution in [0.3, 0.4) is 0 Å². The molecular formula is C17H21N3O3S. The zero-order valence-electron chi connectivity index (χ0n) is 13.9. The molecule has 6 nitrogen and oxygen atoms in total. The summed E-state index contributed by atoms with van der Waals surface area (Å²) in [5, 5.41) is 4.97. The molecule has 0 saturated heterocycles. The predicted molar refractivity (Wildman–Crippen MR) is 95.4 cm³/mol. The van der Waals surface area contributed by atoms with Gasteiger partial charge in [-0.3, -0.25) is 14.5 Å². The molecule has 0 aliphatic rings. The Bertz CT molecular complexity index is 729. The Kier molecular flexibility index (Phi) is 5.94. The van der Waals surface area contributed by atoms with Crippen molar-refractivity contribution in [1.29, 1.82) is 0 Å². The topological polar surface area (TPSA) is 84.7 Å². The van der Waals surface area contributed by atoms with E-state index in [-0.39, 0.29) is 5.91 Å². The van der Waals surface area contributed by atoms with Crippen molar-refractivity contribution in [2.45, 2.75) is 19.5 Å². The Balaban J connectivity index is 2.04. The second kappa shape index (κ2) is 7.94. The molecule has 2 amide bonds. The lowest BCUT2D eigenvalue weighted by Crippen LogP contribution is -2.39. The zero-order chi connectivity index (χ0) is 17.7. The molecule has 1 unspecified atom stereocenters. The Morgan fingerprint density at radius 3 is 2.71 bits per heavy atom. The number of carbonyl (C=O) groups excluding carboxylic acids is 2. The minimum absolute atomic E-state index is 0.197. The van der Waals surface area contributed by atoms with E-state index in [9.17, 15) is 9.59 Å². The largest absolute Gasteiger partial charge is 0.496 e. The highest BCUT2D eigenvalue weighted by Gasteiger charge is 2.21. The number of nitrogens with one attached hydrogen (secondary N) is 1. The van der Waals surface area contributed by atoms with Crippen molar-refractivity contribution < 1.29 is 14.3 Å². The van der Waals surface area contributed by atoms with Gasteiger partial charge in [0, 0.05) is 12.1 Å². The van der Waals surface area contributed by atoms with Gasteiger partial charge in [0.15, 0.2) is 0 Å². The van der Waals surface area contributed by atoms with E-state index in [2.05, 4.69) is 5.32 Å². The summed E-state index contributed by atoms with van der Waals surface area (Å²) >= 11 is 1.27. The SMILES string of the molecule is COc1ccccc1CN(C)C(C)C(=O)Nc1sccc1C(N)=O. The first kappa shape index (κ1) is 18.0. The van der Waals surface area contributed by atoms with E-state index in [4.69, 9.17) is 10.5 Å². The summed E-state index contributed by atoms with van der Waals surface area (Å²) in [6.45, 7) is 2.37. The maximum atomic E-state index is 12.4. The van der Waals surface area contributed by atoms with Crippen molar-refractivity contribution in [3.05, 3.63) is 46.8 Å². The number of para-hydroxylation sites is 1. The highest BCUT2D eigenvalue weighted by molar-refractivity contribution is 7.14. The third-order valence-corrected chi connectivity index (χ3v) is 4.65. The van der Waals surface area contributed by atoms with Crippen LogP contribution in [-0.4, -0.2) is 36.9 Å². The lowest BCUT2D eigenvalue weighted by Gasteiger charge is -2.24. The number of hydrogen-bond acceptors (Lipinski definition) is 5. The normalized spacial score (nSPS) is 12.0. The fourth-order valence-corrected chi connectivity index (χ4v) is 3.05. The first-order valence-electron chi connectivity index (χ1n) is 7.44. The van der Waals surface area contributed by atoms with Gasteiger partial charge < -0.3 is 15.8 Å². The zero-order valence-corrected chi connectivity index (χ0v) is 14.7. The van der Waals surface area contributed by atoms with E-state index >= 15 is 0 Å². The van der Waals surface area contributed by atoms with Gasteiger partial charge in [-0.05, 0) is 31.5 Å². The van der Waals surface area contributed by atoms with Crippen LogP contribution in [0.5, 0.6) is 5.75 Å². The van der Waals surface area contributed by atoms with Gasteiger partial charge in [0.25, 0.3) is 5.91 Å². The van der Waals surface area contributed by atoms with E-state index < -0.39 is 11.9 Å². The number of thiophene rings is 1. The third kappa shape index (κ3) is 4.12. The fourth-order valence-electron chi connectivity index (χ4n) is 2.26. The van der Waals surface area contributed by atoms with E-state index in [1.54, 1.807) is 18.6 Å². The number of rotatable bonds is 7. The molecule has 0 bridgehead atoms. The Hall–Kier alpha value is -2.38. The Morgan fingerprint density at radius 2 is 2.04 bits per heavy atom. The van der Waals surface area contributed by atoms with Crippen LogP contribution in [0.2, 0.25) is 0 Å². The van der Waals surface area contributed by atoms with Crippen LogP contribution in [0.1, 0.15) is 22.8 Å². The minimum atomic E-state index is -0.554. The molecule has 2 aromatic rings. The Labute approximate surface area is 145 Å². The number of methoxy groups -OCH3 is 1. The van der Waals surface area contributed by atoms with Crippen molar-refractivity contribution in [3.8, 4) is 5.75 Å². The first-order chi connectivity index (χ1) is 11.4. The van der Waals surface area contributed by atoms with Gasteiger partial charge >= 0.3 is 0 Å². The second-order valence-electron chi connectivity index (χ2n) is 5.42. The molecule has 0 spiro atoms. The number of hydrogen-bond donors (Lipinski definition) is 2. The van der Waals surface area contributed by atoms with E-state index in [0.717, 1.165) is 11.3 Å². The molecule has 1 aromatic heterocycles. The van der Waals surface area contributed by atoms with Crippen molar-refractivity contribution in [2.75, 3.05) is 19.5 Å². The number of amides is 2. The van der Waals surface area contributed by atoms with Crippen LogP contribution in [0, 0.1) is 0 Å². The molecule has 1 aromatic carbocycles. The van der Waals surface area contributed by atoms with Crippen molar-refractivity contribution in [1.82, 2.24) is 4.90 Å². The highest BCUT2D eigenvalue weighted by Crippen LogP contribution is 2.24. The smallest absolute Gasteiger partial charge is 0.251 e. The van der Waals surface area contributed by atoms with Crippen LogP contribution in [-0.2, 0) is 11.3 Å². The molecule has 1 heterocycles. The van der Waals surface area contributed by atoms with Gasteiger partial charge in [0.1, 0.15) is 10.8 Å². The molecule has 2 rings (SSSR count). The summed E-state index contributed by atoms with van der Waals surface area (Å²) in [6.07, 6.45) is 0. The third-order valence-electron chi connectivity index (χ3n) is 3.82. The molecule has 3 N–H and O–H groups in total. The van der Waals surface area contributed by atoms with Gasteiger partial charge in [-0.25, -0.2) is 0 Å². The number of carbonyl (C=O) groups is 2. The number of anilines is 1. The molecule has 24 heavy (non-hydrogen) atoms. The predicted octanol–water partition coefficient (Wildman–Crippen LogP) is 2.31. The summed E-state index contributed by atoms with van der Waals surface area (Å²) < 4.78 is 5.34. The van der Waals surface area contributed by atoms with E-state index in [1.807, 2.05) is 43.1 Å². The van der Waals surface area contributed by atoms with Gasteiger partial charge in [-0.15, -0.1) is 11.3 Å². The lowest BCUT2D eigenvalue weighted by atomic mass is 10.1. The maximum absolute atomic E-state index is 12.4. The quantitative estimate of drug-likeness (QED) is 0.805. The molecule has 128 valence electrons. The van der Waals surface area contributed by atoms with Gasteiger partial charge in [0.2, 0.25) is 5.91 Å². The fraction of sp³-hybridized carbons (Fsp3) is 0.294. The average molecular weight is 347 g/mol. The molecule has 7 heteroatoms. The Morgan fingerprint density at radius 1 is 1.33 bits per heavy atom. The lowest BCUT2D eigenvalue weighted by molar-refractivity contribution is -0.120. The summed E-state index contributed by atoms with van der Waals surface area (Å²) in [7, 11) is 3.48. The van der Waals surface area contributed by atoms with Crippen molar-refractivity contribution in [2.24, 2.45) is 5.73 Å². The molecule has 0 radical (unpaired) electrons. The van der Waals surface area contributed by atoms with Crippen LogP contribution in [0.15, 0.2) is 35.7 Å².